The summed E-state index contributed by atoms with van der Waals surface area (Å²) in [6.45, 7) is 23.5. The van der Waals surface area contributed by atoms with Crippen LogP contribution in [0.1, 0.15) is 113 Å². The van der Waals surface area contributed by atoms with Gasteiger partial charge >= 0.3 is 0 Å². The van der Waals surface area contributed by atoms with Gasteiger partial charge in [0, 0.05) is 25.9 Å². The lowest BCUT2D eigenvalue weighted by Gasteiger charge is -2.43. The molecule has 3 fully saturated rings. The Morgan fingerprint density at radius 1 is 0.481 bits per heavy atom. The van der Waals surface area contributed by atoms with Crippen molar-refractivity contribution in [1.29, 1.82) is 0 Å². The van der Waals surface area contributed by atoms with Gasteiger partial charge in [-0.15, -0.1) is 0 Å². The summed E-state index contributed by atoms with van der Waals surface area (Å²) in [5, 5.41) is 0. The molecular formula is C46H58NO4P. The van der Waals surface area contributed by atoms with Gasteiger partial charge in [-0.1, -0.05) is 138 Å². The molecule has 0 amide bonds. The second kappa shape index (κ2) is 14.4. The first-order valence-electron chi connectivity index (χ1n) is 19.4. The summed E-state index contributed by atoms with van der Waals surface area (Å²) in [6.07, 6.45) is 3.91. The van der Waals surface area contributed by atoms with Crippen molar-refractivity contribution < 1.29 is 18.5 Å². The molecule has 1 spiro atoms. The lowest BCUT2D eigenvalue weighted by molar-refractivity contribution is -0.215. The summed E-state index contributed by atoms with van der Waals surface area (Å²) < 4.78 is 33.8. The number of hydrogen-bond acceptors (Lipinski definition) is 5. The minimum absolute atomic E-state index is 0.544. The molecule has 0 N–H and O–H groups in total. The number of hydrogen-bond donors (Lipinski definition) is 0. The van der Waals surface area contributed by atoms with Crippen molar-refractivity contribution in [3.05, 3.63) is 140 Å². The lowest BCUT2D eigenvalue weighted by atomic mass is 9.70. The quantitative estimate of drug-likeness (QED) is 0.178. The second-order valence-corrected chi connectivity index (χ2v) is 17.5. The lowest BCUT2D eigenvalue weighted by Crippen LogP contribution is -2.53. The van der Waals surface area contributed by atoms with E-state index >= 15 is 0 Å². The van der Waals surface area contributed by atoms with Crippen molar-refractivity contribution in [2.45, 2.75) is 131 Å². The van der Waals surface area contributed by atoms with Crippen LogP contribution in [0.2, 0.25) is 0 Å². The normalized spacial score (nSPS) is 22.4. The average molecular weight is 720 g/mol. The highest BCUT2D eigenvalue weighted by Gasteiger charge is 2.69. The molecule has 4 aromatic carbocycles. The Morgan fingerprint density at radius 2 is 0.769 bits per heavy atom. The molecule has 52 heavy (non-hydrogen) atoms. The van der Waals surface area contributed by atoms with Crippen LogP contribution in [0.3, 0.4) is 0 Å². The zero-order valence-corrected chi connectivity index (χ0v) is 34.0. The molecule has 1 aliphatic carbocycles. The average Bonchev–Trinajstić information content (AvgIpc) is 3.37. The Morgan fingerprint density at radius 3 is 1.04 bits per heavy atom. The van der Waals surface area contributed by atoms with Gasteiger partial charge in [0.1, 0.15) is 12.2 Å². The predicted molar refractivity (Wildman–Crippen MR) is 213 cm³/mol. The van der Waals surface area contributed by atoms with Gasteiger partial charge in [0.25, 0.3) is 8.53 Å². The van der Waals surface area contributed by atoms with Crippen LogP contribution in [0.4, 0.5) is 0 Å². The Labute approximate surface area is 314 Å². The smallest absolute Gasteiger partial charge is 0.261 e. The van der Waals surface area contributed by atoms with Gasteiger partial charge in [-0.3, -0.25) is 0 Å². The van der Waals surface area contributed by atoms with E-state index < -0.39 is 37.7 Å². The molecule has 2 atom stereocenters. The predicted octanol–water partition coefficient (Wildman–Crippen LogP) is 11.4. The van der Waals surface area contributed by atoms with E-state index in [1.54, 1.807) is 0 Å². The molecule has 0 bridgehead atoms. The van der Waals surface area contributed by atoms with Gasteiger partial charge in [-0.25, -0.2) is 4.67 Å². The Hall–Kier alpha value is -2.89. The molecule has 7 rings (SSSR count). The van der Waals surface area contributed by atoms with Crippen LogP contribution in [-0.4, -0.2) is 35.8 Å². The molecule has 0 aromatic heterocycles. The van der Waals surface area contributed by atoms with Gasteiger partial charge in [0.05, 0.1) is 0 Å². The van der Waals surface area contributed by atoms with Crippen LogP contribution < -0.4 is 0 Å². The first-order chi connectivity index (χ1) is 24.8. The molecule has 3 aliphatic rings. The summed E-state index contributed by atoms with van der Waals surface area (Å²) in [6, 6.07) is 27.5. The Kier molecular flexibility index (Phi) is 10.4. The van der Waals surface area contributed by atoms with E-state index in [-0.39, 0.29) is 0 Å². The van der Waals surface area contributed by atoms with Crippen LogP contribution in [0, 0.1) is 55.4 Å². The fourth-order valence-corrected chi connectivity index (χ4v) is 11.3. The zero-order valence-electron chi connectivity index (χ0n) is 33.1. The van der Waals surface area contributed by atoms with Crippen LogP contribution in [0.25, 0.3) is 0 Å². The minimum Gasteiger partial charge on any atom is -0.340 e. The maximum absolute atomic E-state index is 7.97. The summed E-state index contributed by atoms with van der Waals surface area (Å²) in [7, 11) is -1.69. The third-order valence-electron chi connectivity index (χ3n) is 11.4. The van der Waals surface area contributed by atoms with Crippen molar-refractivity contribution in [2.75, 3.05) is 13.1 Å². The summed E-state index contributed by atoms with van der Waals surface area (Å²) in [5.41, 5.74) is 11.8. The van der Waals surface area contributed by atoms with Crippen molar-refractivity contribution >= 4 is 8.53 Å². The van der Waals surface area contributed by atoms with Crippen molar-refractivity contribution in [3.63, 3.8) is 0 Å². The zero-order chi connectivity index (χ0) is 37.0. The number of rotatable bonds is 7. The van der Waals surface area contributed by atoms with Crippen LogP contribution >= 0.6 is 8.53 Å². The molecule has 0 unspecified atom stereocenters. The number of nitrogens with zero attached hydrogens (tertiary/aromatic N) is 1. The summed E-state index contributed by atoms with van der Waals surface area (Å²) >= 11 is 0. The fraction of sp³-hybridized carbons (Fsp3) is 0.478. The molecule has 1 saturated carbocycles. The highest BCUT2D eigenvalue weighted by molar-refractivity contribution is 7.44. The molecule has 6 heteroatoms. The maximum atomic E-state index is 7.97. The van der Waals surface area contributed by atoms with Gasteiger partial charge < -0.3 is 18.5 Å². The monoisotopic (exact) mass is 719 g/mol. The molecule has 2 heterocycles. The van der Waals surface area contributed by atoms with E-state index in [4.69, 9.17) is 18.5 Å². The van der Waals surface area contributed by atoms with E-state index in [9.17, 15) is 0 Å². The standard InChI is InChI=1S/C46H58NO4P/c1-11-47(12-2)52-50-45(38-22-30(3)18-31(4)23-38,39-24-32(5)19-33(6)25-39)42-43(49-44(48-42)16-14-13-15-17-44)46(51-52,40-26-34(7)20-35(8)27-40)41-28-36(9)21-37(10)29-41/h18-29,42-43H,11-17H2,1-10H3/t42-,43-/m1/s1. The largest absolute Gasteiger partial charge is 0.340 e. The van der Waals surface area contributed by atoms with Gasteiger partial charge in [0.2, 0.25) is 0 Å². The van der Waals surface area contributed by atoms with E-state index in [2.05, 4.69) is 147 Å². The van der Waals surface area contributed by atoms with Crippen molar-refractivity contribution in [2.24, 2.45) is 0 Å². The molecule has 2 saturated heterocycles. The topological polar surface area (TPSA) is 40.2 Å². The molecule has 5 nitrogen and oxygen atoms in total. The Bertz CT molecular complexity index is 1630. The number of fused-ring (bicyclic) bond motifs is 1. The summed E-state index contributed by atoms with van der Waals surface area (Å²) in [4.78, 5) is 0. The first kappa shape index (κ1) is 37.4. The number of benzene rings is 4. The van der Waals surface area contributed by atoms with E-state index in [0.717, 1.165) is 61.0 Å². The van der Waals surface area contributed by atoms with Crippen LogP contribution in [0.5, 0.6) is 0 Å². The van der Waals surface area contributed by atoms with Gasteiger partial charge in [-0.05, 0) is 90.5 Å². The molecular weight excluding hydrogens is 661 g/mol. The van der Waals surface area contributed by atoms with E-state index in [1.165, 1.54) is 50.9 Å². The fourth-order valence-electron chi connectivity index (χ4n) is 9.43. The third-order valence-corrected chi connectivity index (χ3v) is 13.3. The number of aryl methyl sites for hydroxylation is 8. The maximum Gasteiger partial charge on any atom is 0.261 e. The first-order valence-corrected chi connectivity index (χ1v) is 20.6. The van der Waals surface area contributed by atoms with Crippen LogP contribution in [0.15, 0.2) is 72.8 Å². The highest BCUT2D eigenvalue weighted by atomic mass is 31.2. The summed E-state index contributed by atoms with van der Waals surface area (Å²) in [5.74, 6) is -0.748. The Balaban J connectivity index is 1.66. The van der Waals surface area contributed by atoms with E-state index in [0.29, 0.717) is 0 Å². The SMILES string of the molecule is CCN(CC)P1OC(c2cc(C)cc(C)c2)(c2cc(C)cc(C)c2)[C@@H]2OC3(CCCCC3)O[C@H]2C(c2cc(C)cc(C)c2)(c2cc(C)cc(C)c2)O1. The molecule has 0 radical (unpaired) electrons. The molecule has 4 aromatic rings. The minimum atomic E-state index is -1.69. The van der Waals surface area contributed by atoms with Crippen molar-refractivity contribution in [1.82, 2.24) is 4.67 Å². The van der Waals surface area contributed by atoms with Gasteiger partial charge in [0.15, 0.2) is 17.0 Å². The molecule has 2 aliphatic heterocycles. The van der Waals surface area contributed by atoms with E-state index in [1.807, 2.05) is 0 Å². The highest BCUT2D eigenvalue weighted by Crippen LogP contribution is 2.66. The number of ether oxygens (including phenoxy) is 2. The second-order valence-electron chi connectivity index (χ2n) is 16.1. The van der Waals surface area contributed by atoms with Gasteiger partial charge in [-0.2, -0.15) is 0 Å². The van der Waals surface area contributed by atoms with Crippen molar-refractivity contribution in [3.8, 4) is 0 Å². The molecule has 276 valence electrons. The van der Waals surface area contributed by atoms with Crippen LogP contribution in [-0.2, 0) is 29.7 Å². The third kappa shape index (κ3) is 6.61.